The maximum atomic E-state index is 13.4. The minimum Gasteiger partial charge on any atom is -0.367 e. The van der Waals surface area contributed by atoms with Gasteiger partial charge in [-0.05, 0) is 44.6 Å². The largest absolute Gasteiger partial charge is 0.367 e. The lowest BCUT2D eigenvalue weighted by Crippen LogP contribution is -2.52. The van der Waals surface area contributed by atoms with Crippen LogP contribution < -0.4 is 0 Å². The summed E-state index contributed by atoms with van der Waals surface area (Å²) in [6.45, 7) is 8.71. The van der Waals surface area contributed by atoms with Crippen LogP contribution in [-0.2, 0) is 11.2 Å². The van der Waals surface area contributed by atoms with Crippen LogP contribution >= 0.6 is 0 Å². The number of hydrogen-bond acceptors (Lipinski definition) is 5. The summed E-state index contributed by atoms with van der Waals surface area (Å²) >= 11 is 0. The van der Waals surface area contributed by atoms with Gasteiger partial charge in [0.15, 0.2) is 0 Å². The van der Waals surface area contributed by atoms with E-state index in [1.165, 1.54) is 0 Å². The van der Waals surface area contributed by atoms with E-state index in [0.29, 0.717) is 6.54 Å². The summed E-state index contributed by atoms with van der Waals surface area (Å²) in [6, 6.07) is 2.25. The molecule has 0 aliphatic carbocycles. The molecule has 0 aromatic carbocycles. The van der Waals surface area contributed by atoms with Crippen molar-refractivity contribution in [3.05, 3.63) is 83.4 Å². The summed E-state index contributed by atoms with van der Waals surface area (Å²) in [5.41, 5.74) is 6.16. The normalized spacial score (nSPS) is 22.5. The maximum absolute atomic E-state index is 13.4. The molecule has 7 nitrogen and oxygen atoms in total. The lowest BCUT2D eigenvalue weighted by atomic mass is 10.1. The fraction of sp³-hybridized carbons (Fsp3) is 0.370. The number of aryl methyl sites for hydroxylation is 2. The fourth-order valence-corrected chi connectivity index (χ4v) is 4.93. The van der Waals surface area contributed by atoms with E-state index in [-0.39, 0.29) is 18.6 Å². The number of alkyl halides is 1. The van der Waals surface area contributed by atoms with Gasteiger partial charge in [-0.15, -0.1) is 0 Å². The van der Waals surface area contributed by atoms with E-state index in [1.807, 2.05) is 54.2 Å². The standard InChI is InChI=1S/C27H31FN6O/c1-4-24-26-15-25(30-34(26)16-19(2)29-24)21-6-5-7-22-8-9-23(18-33(22)27(35)14-21)32-13-12-31(11-10-28)20(3)17-32/h5-9,14-16,18,20H,4,10-13,17H2,1-3H3/b6-5?,21-14?,22-7+/t20-/m1/s1. The van der Waals surface area contributed by atoms with Gasteiger partial charge in [-0.25, -0.2) is 8.91 Å². The number of hydrogen-bond donors (Lipinski definition) is 0. The molecule has 1 amide bonds. The molecular weight excluding hydrogens is 443 g/mol. The Bertz CT molecular complexity index is 1300. The van der Waals surface area contributed by atoms with Gasteiger partial charge < -0.3 is 4.90 Å². The Morgan fingerprint density at radius 3 is 2.77 bits per heavy atom. The Hall–Kier alpha value is -3.52. The first-order valence-electron chi connectivity index (χ1n) is 12.2. The molecule has 3 aliphatic heterocycles. The molecule has 2 aromatic heterocycles. The Kier molecular flexibility index (Phi) is 6.38. The average Bonchev–Trinajstić information content (AvgIpc) is 3.27. The van der Waals surface area contributed by atoms with E-state index in [0.717, 1.165) is 65.6 Å². The Labute approximate surface area is 205 Å². The topological polar surface area (TPSA) is 57.0 Å². The molecule has 5 heterocycles. The highest BCUT2D eigenvalue weighted by atomic mass is 19.1. The molecule has 1 fully saturated rings. The SMILES string of the molecule is CCc1nc(C)cn2nc(C3=CC(=O)N4C=C(N5CCN(CCF)[C@H](C)C5)C=C/C4=C\C=C3)cc12. The first-order chi connectivity index (χ1) is 17.0. The van der Waals surface area contributed by atoms with Crippen LogP contribution in [0, 0.1) is 6.92 Å². The summed E-state index contributed by atoms with van der Waals surface area (Å²) in [5, 5.41) is 4.73. The number of aromatic nitrogens is 3. The van der Waals surface area contributed by atoms with Gasteiger partial charge in [-0.2, -0.15) is 5.10 Å². The third-order valence-corrected chi connectivity index (χ3v) is 6.81. The second-order valence-electron chi connectivity index (χ2n) is 9.21. The minimum atomic E-state index is -0.326. The van der Waals surface area contributed by atoms with E-state index in [2.05, 4.69) is 34.7 Å². The maximum Gasteiger partial charge on any atom is 0.255 e. The van der Waals surface area contributed by atoms with Gasteiger partial charge in [-0.3, -0.25) is 19.6 Å². The number of rotatable bonds is 5. The van der Waals surface area contributed by atoms with Crippen molar-refractivity contribution in [3.8, 4) is 0 Å². The molecular formula is C27H31FN6O. The number of halogens is 1. The molecule has 0 saturated carbocycles. The van der Waals surface area contributed by atoms with Crippen molar-refractivity contribution in [2.45, 2.75) is 33.2 Å². The quantitative estimate of drug-likeness (QED) is 0.662. The monoisotopic (exact) mass is 474 g/mol. The number of allylic oxidation sites excluding steroid dienone is 6. The molecule has 1 atom stereocenters. The predicted molar refractivity (Wildman–Crippen MR) is 135 cm³/mol. The Balaban J connectivity index is 1.42. The van der Waals surface area contributed by atoms with Crippen LogP contribution in [0.3, 0.4) is 0 Å². The first-order valence-corrected chi connectivity index (χ1v) is 12.2. The smallest absolute Gasteiger partial charge is 0.255 e. The van der Waals surface area contributed by atoms with Gasteiger partial charge in [-0.1, -0.05) is 19.1 Å². The van der Waals surface area contributed by atoms with Gasteiger partial charge in [0.05, 0.1) is 34.5 Å². The molecule has 0 N–H and O–H groups in total. The summed E-state index contributed by atoms with van der Waals surface area (Å²) in [6.07, 6.45) is 16.1. The van der Waals surface area contributed by atoms with Gasteiger partial charge in [0, 0.05) is 55.8 Å². The highest BCUT2D eigenvalue weighted by Crippen LogP contribution is 2.26. The van der Waals surface area contributed by atoms with E-state index in [4.69, 9.17) is 5.10 Å². The first kappa shape index (κ1) is 23.2. The average molecular weight is 475 g/mol. The molecule has 2 aromatic rings. The number of carbonyl (C=O) groups excluding carboxylic acids is 1. The van der Waals surface area contributed by atoms with Crippen molar-refractivity contribution in [1.29, 1.82) is 0 Å². The second kappa shape index (κ2) is 9.62. The number of carbonyl (C=O) groups is 1. The minimum absolute atomic E-state index is 0.122. The van der Waals surface area contributed by atoms with Crippen molar-refractivity contribution < 1.29 is 9.18 Å². The summed E-state index contributed by atoms with van der Waals surface area (Å²) < 4.78 is 14.7. The van der Waals surface area contributed by atoms with Crippen molar-refractivity contribution in [3.63, 3.8) is 0 Å². The van der Waals surface area contributed by atoms with Crippen LogP contribution in [-0.4, -0.2) is 74.1 Å². The van der Waals surface area contributed by atoms with Crippen molar-refractivity contribution in [2.24, 2.45) is 0 Å². The van der Waals surface area contributed by atoms with Crippen LogP contribution in [0.1, 0.15) is 30.9 Å². The summed E-state index contributed by atoms with van der Waals surface area (Å²) in [5.74, 6) is -0.122. The fourth-order valence-electron chi connectivity index (χ4n) is 4.93. The van der Waals surface area contributed by atoms with Crippen molar-refractivity contribution in [1.82, 2.24) is 29.3 Å². The number of fused-ring (bicyclic) bond motifs is 2. The molecule has 8 heteroatoms. The lowest BCUT2D eigenvalue weighted by molar-refractivity contribution is -0.122. The van der Waals surface area contributed by atoms with Gasteiger partial charge >= 0.3 is 0 Å². The molecule has 182 valence electrons. The molecule has 0 bridgehead atoms. The molecule has 35 heavy (non-hydrogen) atoms. The molecule has 1 saturated heterocycles. The van der Waals surface area contributed by atoms with E-state index in [1.54, 1.807) is 11.0 Å². The highest BCUT2D eigenvalue weighted by molar-refractivity contribution is 5.99. The summed E-state index contributed by atoms with van der Waals surface area (Å²) in [4.78, 5) is 24.1. The van der Waals surface area contributed by atoms with E-state index >= 15 is 0 Å². The van der Waals surface area contributed by atoms with Gasteiger partial charge in [0.2, 0.25) is 0 Å². The van der Waals surface area contributed by atoms with Crippen LogP contribution in [0.25, 0.3) is 11.1 Å². The van der Waals surface area contributed by atoms with Crippen LogP contribution in [0.5, 0.6) is 0 Å². The Morgan fingerprint density at radius 1 is 1.17 bits per heavy atom. The third kappa shape index (κ3) is 4.58. The van der Waals surface area contributed by atoms with Crippen molar-refractivity contribution in [2.75, 3.05) is 32.9 Å². The van der Waals surface area contributed by atoms with Gasteiger partial charge in [0.1, 0.15) is 6.67 Å². The predicted octanol–water partition coefficient (Wildman–Crippen LogP) is 3.65. The van der Waals surface area contributed by atoms with Crippen LogP contribution in [0.2, 0.25) is 0 Å². The highest BCUT2D eigenvalue weighted by Gasteiger charge is 2.27. The zero-order valence-electron chi connectivity index (χ0n) is 20.5. The third-order valence-electron chi connectivity index (χ3n) is 6.81. The Morgan fingerprint density at radius 2 is 2.00 bits per heavy atom. The molecule has 0 unspecified atom stereocenters. The molecule has 0 spiro atoms. The lowest BCUT2D eigenvalue weighted by Gasteiger charge is -2.42. The molecule has 5 rings (SSSR count). The van der Waals surface area contributed by atoms with Crippen molar-refractivity contribution >= 4 is 17.0 Å². The number of piperazine rings is 1. The molecule has 0 radical (unpaired) electrons. The van der Waals surface area contributed by atoms with E-state index in [9.17, 15) is 9.18 Å². The van der Waals surface area contributed by atoms with Crippen LogP contribution in [0.4, 0.5) is 4.39 Å². The van der Waals surface area contributed by atoms with E-state index < -0.39 is 0 Å². The zero-order chi connectivity index (χ0) is 24.5. The number of nitrogens with zero attached hydrogens (tertiary/aromatic N) is 6. The van der Waals surface area contributed by atoms with Crippen LogP contribution in [0.15, 0.2) is 66.3 Å². The zero-order valence-corrected chi connectivity index (χ0v) is 20.5. The molecule has 3 aliphatic rings. The summed E-state index contributed by atoms with van der Waals surface area (Å²) in [7, 11) is 0. The van der Waals surface area contributed by atoms with Gasteiger partial charge in [0.25, 0.3) is 5.91 Å². The second-order valence-corrected chi connectivity index (χ2v) is 9.21. The number of amides is 1.